The molecule has 0 aromatic rings. The van der Waals surface area contributed by atoms with Gasteiger partial charge in [0.25, 0.3) is 0 Å². The maximum Gasteiger partial charge on any atom is 0.240 e. The Morgan fingerprint density at radius 2 is 2.00 bits per heavy atom. The fourth-order valence-corrected chi connectivity index (χ4v) is 2.35. The second-order valence-corrected chi connectivity index (χ2v) is 5.61. The Labute approximate surface area is 121 Å². The smallest absolute Gasteiger partial charge is 0.240 e. The van der Waals surface area contributed by atoms with E-state index in [1.807, 2.05) is 20.8 Å². The number of carbonyl (C=O) groups excluding carboxylic acids is 2. The molecule has 1 atom stereocenters. The number of rotatable bonds is 5. The highest BCUT2D eigenvalue weighted by Crippen LogP contribution is 2.23. The first kappa shape index (κ1) is 18.2. The standard InChI is InChI=1S/C13H25N3O2.ClH/c1-5-13(7-6-8-16-13)11(18)15-9-12(2,3)10(17)14-4;/h16H,5-9H2,1-4H3,(H,14,17)(H,15,18);1H. The molecule has 0 bridgehead atoms. The van der Waals surface area contributed by atoms with E-state index in [1.165, 1.54) is 0 Å². The van der Waals surface area contributed by atoms with Crippen LogP contribution in [0.2, 0.25) is 0 Å². The van der Waals surface area contributed by atoms with Crippen LogP contribution in [-0.4, -0.2) is 37.5 Å². The predicted octanol–water partition coefficient (Wildman–Crippen LogP) is 0.829. The van der Waals surface area contributed by atoms with E-state index in [9.17, 15) is 9.59 Å². The topological polar surface area (TPSA) is 70.2 Å². The highest BCUT2D eigenvalue weighted by Gasteiger charge is 2.40. The SMILES string of the molecule is CCC1(C(=O)NCC(C)(C)C(=O)NC)CCCN1.Cl. The molecule has 1 aliphatic heterocycles. The fraction of sp³-hybridized carbons (Fsp3) is 0.846. The van der Waals surface area contributed by atoms with Crippen LogP contribution in [0.1, 0.15) is 40.0 Å². The van der Waals surface area contributed by atoms with Crippen molar-refractivity contribution in [2.24, 2.45) is 5.41 Å². The van der Waals surface area contributed by atoms with Crippen molar-refractivity contribution in [2.75, 3.05) is 20.1 Å². The van der Waals surface area contributed by atoms with Crippen molar-refractivity contribution in [3.8, 4) is 0 Å². The maximum absolute atomic E-state index is 12.3. The molecule has 0 aromatic heterocycles. The number of carbonyl (C=O) groups is 2. The zero-order chi connectivity index (χ0) is 13.8. The molecule has 1 fully saturated rings. The molecule has 0 aliphatic carbocycles. The lowest BCUT2D eigenvalue weighted by Gasteiger charge is -2.29. The Morgan fingerprint density at radius 1 is 1.37 bits per heavy atom. The van der Waals surface area contributed by atoms with E-state index >= 15 is 0 Å². The summed E-state index contributed by atoms with van der Waals surface area (Å²) in [7, 11) is 1.61. The van der Waals surface area contributed by atoms with Gasteiger partial charge in [0.1, 0.15) is 0 Å². The number of nitrogens with one attached hydrogen (secondary N) is 3. The van der Waals surface area contributed by atoms with Gasteiger partial charge in [-0.05, 0) is 39.7 Å². The first-order valence-corrected chi connectivity index (χ1v) is 6.63. The zero-order valence-corrected chi connectivity index (χ0v) is 13.1. The van der Waals surface area contributed by atoms with Crippen LogP contribution in [0, 0.1) is 5.41 Å². The molecule has 1 aliphatic rings. The van der Waals surface area contributed by atoms with Crippen LogP contribution in [0.4, 0.5) is 0 Å². The summed E-state index contributed by atoms with van der Waals surface area (Å²) >= 11 is 0. The summed E-state index contributed by atoms with van der Waals surface area (Å²) < 4.78 is 0. The Bertz CT molecular complexity index is 326. The second kappa shape index (κ2) is 7.10. The number of halogens is 1. The molecule has 0 radical (unpaired) electrons. The van der Waals surface area contributed by atoms with Crippen LogP contribution < -0.4 is 16.0 Å². The largest absolute Gasteiger partial charge is 0.359 e. The van der Waals surface area contributed by atoms with Gasteiger partial charge in [0.05, 0.1) is 11.0 Å². The first-order chi connectivity index (χ1) is 8.38. The Morgan fingerprint density at radius 3 is 2.42 bits per heavy atom. The molecule has 6 heteroatoms. The van der Waals surface area contributed by atoms with Gasteiger partial charge in [-0.25, -0.2) is 0 Å². The average molecular weight is 292 g/mol. The minimum absolute atomic E-state index is 0. The number of hydrogen-bond acceptors (Lipinski definition) is 3. The van der Waals surface area contributed by atoms with E-state index < -0.39 is 11.0 Å². The van der Waals surface area contributed by atoms with Gasteiger partial charge >= 0.3 is 0 Å². The molecule has 0 saturated carbocycles. The minimum Gasteiger partial charge on any atom is -0.359 e. The summed E-state index contributed by atoms with van der Waals surface area (Å²) in [6.07, 6.45) is 2.68. The third-order valence-electron chi connectivity index (χ3n) is 3.81. The van der Waals surface area contributed by atoms with Crippen molar-refractivity contribution in [1.82, 2.24) is 16.0 Å². The summed E-state index contributed by atoms with van der Waals surface area (Å²) in [5, 5.41) is 8.81. The summed E-state index contributed by atoms with van der Waals surface area (Å²) in [5.74, 6) is -0.0489. The molecule has 2 amide bonds. The molecule has 1 heterocycles. The minimum atomic E-state index is -0.585. The normalized spacial score (nSPS) is 22.5. The van der Waals surface area contributed by atoms with Gasteiger partial charge in [-0.2, -0.15) is 0 Å². The Balaban J connectivity index is 0.00000324. The summed E-state index contributed by atoms with van der Waals surface area (Å²) in [6.45, 7) is 6.91. The van der Waals surface area contributed by atoms with Crippen molar-refractivity contribution < 1.29 is 9.59 Å². The van der Waals surface area contributed by atoms with E-state index in [1.54, 1.807) is 7.05 Å². The third-order valence-corrected chi connectivity index (χ3v) is 3.81. The molecule has 1 rings (SSSR count). The van der Waals surface area contributed by atoms with Crippen molar-refractivity contribution in [1.29, 1.82) is 0 Å². The molecule has 3 N–H and O–H groups in total. The number of hydrogen-bond donors (Lipinski definition) is 3. The second-order valence-electron chi connectivity index (χ2n) is 5.61. The molecule has 0 aromatic carbocycles. The van der Waals surface area contributed by atoms with Gasteiger partial charge in [-0.3, -0.25) is 9.59 Å². The lowest BCUT2D eigenvalue weighted by atomic mass is 9.90. The van der Waals surface area contributed by atoms with Gasteiger partial charge in [0, 0.05) is 13.6 Å². The number of amides is 2. The molecule has 1 saturated heterocycles. The van der Waals surface area contributed by atoms with Gasteiger partial charge in [-0.1, -0.05) is 6.92 Å². The lowest BCUT2D eigenvalue weighted by Crippen LogP contribution is -2.55. The Kier molecular flexibility index (Phi) is 6.80. The van der Waals surface area contributed by atoms with Crippen molar-refractivity contribution in [3.63, 3.8) is 0 Å². The van der Waals surface area contributed by atoms with Crippen molar-refractivity contribution in [3.05, 3.63) is 0 Å². The van der Waals surface area contributed by atoms with Crippen molar-refractivity contribution >= 4 is 24.2 Å². The van der Waals surface area contributed by atoms with E-state index in [0.29, 0.717) is 6.54 Å². The summed E-state index contributed by atoms with van der Waals surface area (Å²) in [6, 6.07) is 0. The van der Waals surface area contributed by atoms with Crippen LogP contribution in [0.25, 0.3) is 0 Å². The first-order valence-electron chi connectivity index (χ1n) is 6.63. The molecule has 0 spiro atoms. The van der Waals surface area contributed by atoms with Gasteiger partial charge < -0.3 is 16.0 Å². The van der Waals surface area contributed by atoms with Gasteiger partial charge in [-0.15, -0.1) is 12.4 Å². The van der Waals surface area contributed by atoms with E-state index in [2.05, 4.69) is 16.0 Å². The molecule has 112 valence electrons. The average Bonchev–Trinajstić information content (AvgIpc) is 2.84. The van der Waals surface area contributed by atoms with E-state index in [-0.39, 0.29) is 24.2 Å². The van der Waals surface area contributed by atoms with Gasteiger partial charge in [0.15, 0.2) is 0 Å². The van der Waals surface area contributed by atoms with Gasteiger partial charge in [0.2, 0.25) is 11.8 Å². The van der Waals surface area contributed by atoms with Crippen LogP contribution in [0.3, 0.4) is 0 Å². The van der Waals surface area contributed by atoms with E-state index in [0.717, 1.165) is 25.8 Å². The third kappa shape index (κ3) is 4.08. The van der Waals surface area contributed by atoms with E-state index in [4.69, 9.17) is 0 Å². The van der Waals surface area contributed by atoms with Crippen LogP contribution >= 0.6 is 12.4 Å². The molecule has 19 heavy (non-hydrogen) atoms. The monoisotopic (exact) mass is 291 g/mol. The van der Waals surface area contributed by atoms with Crippen LogP contribution in [0.15, 0.2) is 0 Å². The van der Waals surface area contributed by atoms with Crippen LogP contribution in [0.5, 0.6) is 0 Å². The molecule has 5 nitrogen and oxygen atoms in total. The Hall–Kier alpha value is -0.810. The zero-order valence-electron chi connectivity index (χ0n) is 12.3. The molecule has 1 unspecified atom stereocenters. The summed E-state index contributed by atoms with van der Waals surface area (Å²) in [4.78, 5) is 23.9. The quantitative estimate of drug-likeness (QED) is 0.703. The lowest BCUT2D eigenvalue weighted by molar-refractivity contribution is -0.131. The maximum atomic E-state index is 12.3. The van der Waals surface area contributed by atoms with Crippen molar-refractivity contribution in [2.45, 2.75) is 45.6 Å². The highest BCUT2D eigenvalue weighted by molar-refractivity contribution is 5.88. The highest BCUT2D eigenvalue weighted by atomic mass is 35.5. The molecular weight excluding hydrogens is 266 g/mol. The fourth-order valence-electron chi connectivity index (χ4n) is 2.35. The predicted molar refractivity (Wildman–Crippen MR) is 78.4 cm³/mol. The molecular formula is C13H26ClN3O2. The summed E-state index contributed by atoms with van der Waals surface area (Å²) in [5.41, 5.74) is -1.02. The van der Waals surface area contributed by atoms with Crippen LogP contribution in [-0.2, 0) is 9.59 Å².